The summed E-state index contributed by atoms with van der Waals surface area (Å²) in [6, 6.07) is 1.37. The standard InChI is InChI=1S/C12H16N2O6/c13-7(5-15)11(18)14-8(12(19)20)3-6-1-2-9(16)10(17)4-6/h1-2,4,7-8,15-17H,3,5,13H2,(H,14,18)(H,19,20)/t7-,8-/m0/s1. The van der Waals surface area contributed by atoms with Crippen molar-refractivity contribution in [2.24, 2.45) is 5.73 Å². The van der Waals surface area contributed by atoms with E-state index in [0.717, 1.165) is 0 Å². The summed E-state index contributed by atoms with van der Waals surface area (Å²) in [5.41, 5.74) is 5.68. The molecule has 0 fully saturated rings. The van der Waals surface area contributed by atoms with Crippen LogP contribution in [-0.4, -0.2) is 51.0 Å². The Morgan fingerprint density at radius 2 is 1.90 bits per heavy atom. The number of carboxylic acid groups (broad SMARTS) is 1. The van der Waals surface area contributed by atoms with Crippen LogP contribution < -0.4 is 11.1 Å². The van der Waals surface area contributed by atoms with E-state index in [9.17, 15) is 14.7 Å². The number of aliphatic hydroxyl groups is 1. The highest BCUT2D eigenvalue weighted by Gasteiger charge is 2.23. The molecule has 1 rings (SSSR count). The Kier molecular flexibility index (Phi) is 5.30. The summed E-state index contributed by atoms with van der Waals surface area (Å²) in [5.74, 6) is -2.78. The zero-order valence-electron chi connectivity index (χ0n) is 10.5. The van der Waals surface area contributed by atoms with Gasteiger partial charge in [0.15, 0.2) is 11.5 Å². The predicted molar refractivity (Wildman–Crippen MR) is 68.1 cm³/mol. The lowest BCUT2D eigenvalue weighted by Gasteiger charge is -2.17. The van der Waals surface area contributed by atoms with Crippen molar-refractivity contribution in [3.63, 3.8) is 0 Å². The van der Waals surface area contributed by atoms with Gasteiger partial charge in [0.2, 0.25) is 5.91 Å². The minimum absolute atomic E-state index is 0.104. The van der Waals surface area contributed by atoms with Crippen molar-refractivity contribution in [3.05, 3.63) is 23.8 Å². The summed E-state index contributed by atoms with van der Waals surface area (Å²) in [6.45, 7) is -0.599. The number of rotatable bonds is 6. The first-order valence-corrected chi connectivity index (χ1v) is 5.75. The molecule has 8 nitrogen and oxygen atoms in total. The maximum atomic E-state index is 11.5. The van der Waals surface area contributed by atoms with Crippen LogP contribution in [0.3, 0.4) is 0 Å². The van der Waals surface area contributed by atoms with E-state index in [4.69, 9.17) is 21.1 Å². The summed E-state index contributed by atoms with van der Waals surface area (Å²) < 4.78 is 0. The van der Waals surface area contributed by atoms with Crippen LogP contribution in [0.1, 0.15) is 5.56 Å². The molecule has 0 aliphatic carbocycles. The molecule has 1 amide bonds. The second-order valence-electron chi connectivity index (χ2n) is 4.22. The molecule has 0 unspecified atom stereocenters. The fourth-order valence-corrected chi connectivity index (χ4v) is 1.49. The van der Waals surface area contributed by atoms with Crippen LogP contribution in [0, 0.1) is 0 Å². The number of nitrogens with one attached hydrogen (secondary N) is 1. The summed E-state index contributed by atoms with van der Waals surface area (Å²) in [6.07, 6.45) is -0.104. The summed E-state index contributed by atoms with van der Waals surface area (Å²) in [4.78, 5) is 22.5. The third-order valence-corrected chi connectivity index (χ3v) is 2.63. The smallest absolute Gasteiger partial charge is 0.326 e. The maximum absolute atomic E-state index is 11.5. The summed E-state index contributed by atoms with van der Waals surface area (Å²) in [7, 11) is 0. The largest absolute Gasteiger partial charge is 0.504 e. The van der Waals surface area contributed by atoms with Crippen molar-refractivity contribution in [2.75, 3.05) is 6.61 Å². The summed E-state index contributed by atoms with van der Waals surface area (Å²) >= 11 is 0. The Balaban J connectivity index is 2.79. The first-order valence-electron chi connectivity index (χ1n) is 5.75. The maximum Gasteiger partial charge on any atom is 0.326 e. The molecule has 0 aromatic heterocycles. The SMILES string of the molecule is N[C@@H](CO)C(=O)N[C@@H](Cc1ccc(O)c(O)c1)C(=O)O. The molecule has 1 aromatic rings. The molecule has 1 aromatic carbocycles. The van der Waals surface area contributed by atoms with Gasteiger partial charge in [-0.2, -0.15) is 0 Å². The fourth-order valence-electron chi connectivity index (χ4n) is 1.49. The number of nitrogens with two attached hydrogens (primary N) is 1. The molecule has 110 valence electrons. The second kappa shape index (κ2) is 6.73. The van der Waals surface area contributed by atoms with Crippen LogP contribution in [0.4, 0.5) is 0 Å². The zero-order valence-corrected chi connectivity index (χ0v) is 10.5. The third-order valence-electron chi connectivity index (χ3n) is 2.63. The molecule has 20 heavy (non-hydrogen) atoms. The predicted octanol–water partition coefficient (Wildman–Crippen LogP) is -1.47. The lowest BCUT2D eigenvalue weighted by Crippen LogP contribution is -2.50. The molecule has 8 heteroatoms. The number of amides is 1. The third kappa shape index (κ3) is 4.11. The zero-order chi connectivity index (χ0) is 15.3. The number of aliphatic hydroxyl groups excluding tert-OH is 1. The number of carbonyl (C=O) groups is 2. The number of aliphatic carboxylic acids is 1. The van der Waals surface area contributed by atoms with E-state index >= 15 is 0 Å². The number of hydrogen-bond acceptors (Lipinski definition) is 6. The van der Waals surface area contributed by atoms with Crippen molar-refractivity contribution in [1.29, 1.82) is 0 Å². The van der Waals surface area contributed by atoms with Crippen molar-refractivity contribution in [1.82, 2.24) is 5.32 Å². The average Bonchev–Trinajstić information content (AvgIpc) is 2.40. The molecule has 0 aliphatic heterocycles. The van der Waals surface area contributed by atoms with Crippen LogP contribution in [-0.2, 0) is 16.0 Å². The average molecular weight is 284 g/mol. The fraction of sp³-hybridized carbons (Fsp3) is 0.333. The Bertz CT molecular complexity index is 505. The summed E-state index contributed by atoms with van der Waals surface area (Å²) in [5, 5.41) is 38.4. The molecule has 0 aliphatic rings. The van der Waals surface area contributed by atoms with E-state index < -0.39 is 30.6 Å². The minimum Gasteiger partial charge on any atom is -0.504 e. The number of carboxylic acids is 1. The Labute approximate surface area is 114 Å². The molecule has 7 N–H and O–H groups in total. The molecule has 0 bridgehead atoms. The lowest BCUT2D eigenvalue weighted by atomic mass is 10.0. The molecule has 0 saturated heterocycles. The van der Waals surface area contributed by atoms with Crippen LogP contribution in [0.25, 0.3) is 0 Å². The number of carbonyl (C=O) groups excluding carboxylic acids is 1. The van der Waals surface area contributed by atoms with Crippen LogP contribution in [0.15, 0.2) is 18.2 Å². The number of phenols is 2. The first-order chi connectivity index (χ1) is 9.35. The van der Waals surface area contributed by atoms with Gasteiger partial charge in [0.1, 0.15) is 12.1 Å². The van der Waals surface area contributed by atoms with Gasteiger partial charge < -0.3 is 31.5 Å². The highest BCUT2D eigenvalue weighted by atomic mass is 16.4. The Morgan fingerprint density at radius 1 is 1.25 bits per heavy atom. The molecule has 0 heterocycles. The molecule has 0 spiro atoms. The van der Waals surface area contributed by atoms with Gasteiger partial charge in [0.25, 0.3) is 0 Å². The van der Waals surface area contributed by atoms with Gasteiger partial charge in [0, 0.05) is 6.42 Å². The van der Waals surface area contributed by atoms with Crippen molar-refractivity contribution in [3.8, 4) is 11.5 Å². The van der Waals surface area contributed by atoms with E-state index in [0.29, 0.717) is 5.56 Å². The van der Waals surface area contributed by atoms with Gasteiger partial charge in [-0.25, -0.2) is 4.79 Å². The number of phenolic OH excluding ortho intramolecular Hbond substituents is 2. The Morgan fingerprint density at radius 3 is 2.40 bits per heavy atom. The quantitative estimate of drug-likeness (QED) is 0.348. The number of hydrogen-bond donors (Lipinski definition) is 6. The molecular formula is C12H16N2O6. The van der Waals surface area contributed by atoms with E-state index in [1.54, 1.807) is 0 Å². The normalized spacial score (nSPS) is 13.5. The van der Waals surface area contributed by atoms with Crippen LogP contribution in [0.5, 0.6) is 11.5 Å². The van der Waals surface area contributed by atoms with Gasteiger partial charge in [-0.3, -0.25) is 4.79 Å². The van der Waals surface area contributed by atoms with Gasteiger partial charge in [-0.15, -0.1) is 0 Å². The number of aromatic hydroxyl groups is 2. The van der Waals surface area contributed by atoms with E-state index in [1.165, 1.54) is 18.2 Å². The highest BCUT2D eigenvalue weighted by Crippen LogP contribution is 2.25. The second-order valence-corrected chi connectivity index (χ2v) is 4.22. The van der Waals surface area contributed by atoms with Gasteiger partial charge in [-0.1, -0.05) is 6.07 Å². The first kappa shape index (κ1) is 15.7. The van der Waals surface area contributed by atoms with E-state index in [-0.39, 0.29) is 17.9 Å². The highest BCUT2D eigenvalue weighted by molar-refractivity contribution is 5.87. The number of benzene rings is 1. The van der Waals surface area contributed by atoms with Crippen molar-refractivity contribution in [2.45, 2.75) is 18.5 Å². The van der Waals surface area contributed by atoms with Crippen molar-refractivity contribution >= 4 is 11.9 Å². The topological polar surface area (TPSA) is 153 Å². The minimum atomic E-state index is -1.28. The van der Waals surface area contributed by atoms with Crippen LogP contribution >= 0.6 is 0 Å². The van der Waals surface area contributed by atoms with Crippen LogP contribution in [0.2, 0.25) is 0 Å². The van der Waals surface area contributed by atoms with E-state index in [1.807, 2.05) is 0 Å². The monoisotopic (exact) mass is 284 g/mol. The molecule has 0 saturated carbocycles. The molecule has 2 atom stereocenters. The van der Waals surface area contributed by atoms with Gasteiger partial charge >= 0.3 is 5.97 Å². The van der Waals surface area contributed by atoms with Gasteiger partial charge in [0.05, 0.1) is 6.61 Å². The lowest BCUT2D eigenvalue weighted by molar-refractivity contribution is -0.142. The van der Waals surface area contributed by atoms with E-state index in [2.05, 4.69) is 5.32 Å². The molecule has 0 radical (unpaired) electrons. The van der Waals surface area contributed by atoms with Gasteiger partial charge in [-0.05, 0) is 17.7 Å². The van der Waals surface area contributed by atoms with Crippen molar-refractivity contribution < 1.29 is 30.0 Å². The Hall–Kier alpha value is -2.32. The molecular weight excluding hydrogens is 268 g/mol.